The minimum Gasteiger partial charge on any atom is -0.497 e. The number of likely N-dealkylation sites (tertiary alicyclic amines) is 1. The summed E-state index contributed by atoms with van der Waals surface area (Å²) in [5.74, 6) is 0.760. The maximum atomic E-state index is 13.4. The van der Waals surface area contributed by atoms with Crippen molar-refractivity contribution < 1.29 is 43.5 Å². The molecule has 40 heavy (non-hydrogen) atoms. The second kappa shape index (κ2) is 12.8. The number of methoxy groups -OCH3 is 2. The molecule has 2 heterocycles. The number of hydrogen-bond donors (Lipinski definition) is 2. The Morgan fingerprint density at radius 2 is 1.90 bits per heavy atom. The van der Waals surface area contributed by atoms with Crippen molar-refractivity contribution in [1.82, 2.24) is 4.90 Å². The van der Waals surface area contributed by atoms with Crippen LogP contribution < -0.4 is 9.47 Å². The molecule has 0 saturated carbocycles. The summed E-state index contributed by atoms with van der Waals surface area (Å²) in [6, 6.07) is 6.17. The number of benzene rings is 1. The molecule has 4 unspecified atom stereocenters. The molecule has 222 valence electrons. The van der Waals surface area contributed by atoms with E-state index in [-0.39, 0.29) is 25.2 Å². The van der Waals surface area contributed by atoms with Crippen LogP contribution in [0, 0.1) is 5.92 Å². The van der Waals surface area contributed by atoms with E-state index in [1.165, 1.54) is 7.11 Å². The van der Waals surface area contributed by atoms with Crippen molar-refractivity contribution in [2.75, 3.05) is 34.1 Å². The van der Waals surface area contributed by atoms with E-state index in [1.807, 2.05) is 18.2 Å². The van der Waals surface area contributed by atoms with E-state index in [1.54, 1.807) is 21.0 Å². The third-order valence-electron chi connectivity index (χ3n) is 8.13. The summed E-state index contributed by atoms with van der Waals surface area (Å²) < 4.78 is 27.2. The first-order chi connectivity index (χ1) is 19.0. The molecule has 1 aromatic carbocycles. The van der Waals surface area contributed by atoms with Crippen molar-refractivity contribution in [2.24, 2.45) is 5.92 Å². The molecule has 2 N–H and O–H groups in total. The topological polar surface area (TPSA) is 124 Å². The summed E-state index contributed by atoms with van der Waals surface area (Å²) in [6.07, 6.45) is 4.89. The number of nitrogens with zero attached hydrogens (tertiary/aromatic N) is 1. The van der Waals surface area contributed by atoms with Crippen LogP contribution in [0.4, 0.5) is 0 Å². The molecule has 2 aliphatic heterocycles. The molecule has 1 saturated heterocycles. The molecule has 4 atom stereocenters. The van der Waals surface area contributed by atoms with E-state index in [0.717, 1.165) is 49.4 Å². The fourth-order valence-corrected chi connectivity index (χ4v) is 5.91. The minimum atomic E-state index is -2.07. The van der Waals surface area contributed by atoms with Gasteiger partial charge < -0.3 is 33.9 Å². The lowest BCUT2D eigenvalue weighted by Crippen LogP contribution is -2.51. The van der Waals surface area contributed by atoms with Crippen LogP contribution in [-0.4, -0.2) is 84.5 Å². The Hall–Kier alpha value is -2.82. The number of fused-ring (bicyclic) bond motifs is 2. The van der Waals surface area contributed by atoms with Gasteiger partial charge in [0, 0.05) is 19.0 Å². The second-order valence-corrected chi connectivity index (χ2v) is 11.7. The van der Waals surface area contributed by atoms with E-state index in [0.29, 0.717) is 25.0 Å². The first-order valence-electron chi connectivity index (χ1n) is 14.1. The minimum absolute atomic E-state index is 0.0443. The van der Waals surface area contributed by atoms with Gasteiger partial charge in [0.15, 0.2) is 23.2 Å². The van der Waals surface area contributed by atoms with Crippen molar-refractivity contribution in [1.29, 1.82) is 0 Å². The molecule has 0 spiro atoms. The van der Waals surface area contributed by atoms with Crippen LogP contribution in [0.5, 0.6) is 11.5 Å². The fourth-order valence-electron chi connectivity index (χ4n) is 5.91. The van der Waals surface area contributed by atoms with E-state index in [2.05, 4.69) is 11.0 Å². The van der Waals surface area contributed by atoms with E-state index < -0.39 is 35.7 Å². The quantitative estimate of drug-likeness (QED) is 0.368. The van der Waals surface area contributed by atoms with Crippen LogP contribution in [0.15, 0.2) is 30.0 Å². The lowest BCUT2D eigenvalue weighted by molar-refractivity contribution is -0.179. The Morgan fingerprint density at radius 3 is 2.62 bits per heavy atom. The number of esters is 2. The first-order valence-corrected chi connectivity index (χ1v) is 14.1. The average molecular weight is 562 g/mol. The van der Waals surface area contributed by atoms with Crippen molar-refractivity contribution in [2.45, 2.75) is 88.6 Å². The molecule has 10 heteroatoms. The van der Waals surface area contributed by atoms with Crippen LogP contribution in [-0.2, 0) is 30.2 Å². The van der Waals surface area contributed by atoms with Gasteiger partial charge in [-0.1, -0.05) is 6.07 Å². The van der Waals surface area contributed by atoms with Crippen LogP contribution in [0.1, 0.15) is 64.4 Å². The van der Waals surface area contributed by atoms with Gasteiger partial charge in [-0.05, 0) is 88.6 Å². The smallest absolute Gasteiger partial charge is 0.339 e. The summed E-state index contributed by atoms with van der Waals surface area (Å²) in [5.41, 5.74) is -1.87. The summed E-state index contributed by atoms with van der Waals surface area (Å²) in [7, 11) is 2.76. The van der Waals surface area contributed by atoms with Crippen molar-refractivity contribution >= 4 is 11.9 Å². The fraction of sp³-hybridized carbons (Fsp3) is 0.667. The Bertz CT molecular complexity index is 1080. The lowest BCUT2D eigenvalue weighted by atomic mass is 9.80. The molecule has 1 aliphatic carbocycles. The van der Waals surface area contributed by atoms with Crippen LogP contribution >= 0.6 is 0 Å². The SMILES string of the molecule is COC(=O)CC(O)(CCCC(C)(C)O)C(=O)OC1CC2C(C=C1OC)CCCN2CCc1ccc2c(c1)OCO2. The molecule has 0 aromatic heterocycles. The number of ether oxygens (including phenoxy) is 5. The highest BCUT2D eigenvalue weighted by molar-refractivity contribution is 5.85. The largest absolute Gasteiger partial charge is 0.497 e. The van der Waals surface area contributed by atoms with Gasteiger partial charge in [0.1, 0.15) is 5.76 Å². The lowest BCUT2D eigenvalue weighted by Gasteiger charge is -2.45. The predicted molar refractivity (Wildman–Crippen MR) is 146 cm³/mol. The van der Waals surface area contributed by atoms with E-state index >= 15 is 0 Å². The number of rotatable bonds is 12. The van der Waals surface area contributed by atoms with Gasteiger partial charge in [-0.25, -0.2) is 4.79 Å². The normalized spacial score (nSPS) is 23.9. The molecule has 0 radical (unpaired) electrons. The predicted octanol–water partition coefficient (Wildman–Crippen LogP) is 3.12. The summed E-state index contributed by atoms with van der Waals surface area (Å²) in [5, 5.41) is 21.4. The van der Waals surface area contributed by atoms with Crippen molar-refractivity contribution in [3.8, 4) is 11.5 Å². The highest BCUT2D eigenvalue weighted by Crippen LogP contribution is 2.37. The highest BCUT2D eigenvalue weighted by Gasteiger charge is 2.45. The molecule has 0 amide bonds. The molecular formula is C30H43NO9. The van der Waals surface area contributed by atoms with Crippen LogP contribution in [0.25, 0.3) is 0 Å². The summed E-state index contributed by atoms with van der Waals surface area (Å²) in [6.45, 7) is 5.33. The van der Waals surface area contributed by atoms with Gasteiger partial charge in [0.2, 0.25) is 6.79 Å². The highest BCUT2D eigenvalue weighted by atomic mass is 16.7. The monoisotopic (exact) mass is 561 g/mol. The zero-order valence-electron chi connectivity index (χ0n) is 24.0. The number of carbonyl (C=O) groups excluding carboxylic acids is 2. The first kappa shape index (κ1) is 30.1. The van der Waals surface area contributed by atoms with Crippen LogP contribution in [0.2, 0.25) is 0 Å². The van der Waals surface area contributed by atoms with Crippen molar-refractivity contribution in [3.63, 3.8) is 0 Å². The Labute approximate surface area is 236 Å². The third-order valence-corrected chi connectivity index (χ3v) is 8.13. The molecule has 0 bridgehead atoms. The molecule has 3 aliphatic rings. The van der Waals surface area contributed by atoms with Crippen LogP contribution in [0.3, 0.4) is 0 Å². The standard InChI is InChI=1S/C30H43NO9/c1-29(2,34)11-6-12-30(35,18-27(32)37-4)28(33)40-26-17-22-21(16-24(26)36-3)7-5-13-31(22)14-10-20-8-9-23-25(15-20)39-19-38-23/h8-9,15-16,21-22,26,34-35H,5-7,10-14,17-19H2,1-4H3. The molecule has 1 aromatic rings. The Kier molecular flexibility index (Phi) is 9.64. The van der Waals surface area contributed by atoms with Crippen molar-refractivity contribution in [3.05, 3.63) is 35.6 Å². The summed E-state index contributed by atoms with van der Waals surface area (Å²) >= 11 is 0. The van der Waals surface area contributed by atoms with Gasteiger partial charge in [-0.15, -0.1) is 0 Å². The molecular weight excluding hydrogens is 518 g/mol. The average Bonchev–Trinajstić information content (AvgIpc) is 3.38. The zero-order chi connectivity index (χ0) is 28.9. The summed E-state index contributed by atoms with van der Waals surface area (Å²) in [4.78, 5) is 27.9. The number of carbonyl (C=O) groups is 2. The second-order valence-electron chi connectivity index (χ2n) is 11.7. The van der Waals surface area contributed by atoms with E-state index in [9.17, 15) is 19.8 Å². The number of hydrogen-bond acceptors (Lipinski definition) is 10. The zero-order valence-corrected chi connectivity index (χ0v) is 24.0. The maximum absolute atomic E-state index is 13.4. The maximum Gasteiger partial charge on any atom is 0.339 e. The Balaban J connectivity index is 1.44. The van der Waals surface area contributed by atoms with Gasteiger partial charge in [0.05, 0.1) is 26.2 Å². The van der Waals surface area contributed by atoms with E-state index in [4.69, 9.17) is 23.7 Å². The molecule has 4 rings (SSSR count). The molecule has 10 nitrogen and oxygen atoms in total. The van der Waals surface area contributed by atoms with Gasteiger partial charge >= 0.3 is 11.9 Å². The Morgan fingerprint density at radius 1 is 1.12 bits per heavy atom. The molecule has 1 fully saturated rings. The van der Waals surface area contributed by atoms with Gasteiger partial charge in [0.25, 0.3) is 0 Å². The number of aliphatic hydroxyl groups is 2. The number of piperidine rings is 1. The third kappa shape index (κ3) is 7.47. The van der Waals surface area contributed by atoms with Gasteiger partial charge in [-0.2, -0.15) is 0 Å². The van der Waals surface area contributed by atoms with Gasteiger partial charge in [-0.3, -0.25) is 9.69 Å².